The molecule has 118 valence electrons. The van der Waals surface area contributed by atoms with Crippen LogP contribution in [-0.4, -0.2) is 27.6 Å². The minimum atomic E-state index is -4.39. The van der Waals surface area contributed by atoms with E-state index in [-0.39, 0.29) is 9.79 Å². The molecule has 6 nitrogen and oxygen atoms in total. The van der Waals surface area contributed by atoms with Gasteiger partial charge >= 0.3 is 0 Å². The normalized spacial score (nSPS) is 13.0. The van der Waals surface area contributed by atoms with E-state index in [1.54, 1.807) is 12.1 Å². The average molecular weight is 340 g/mol. The lowest BCUT2D eigenvalue weighted by molar-refractivity contribution is 0.542. The molecule has 22 heavy (non-hydrogen) atoms. The topological polar surface area (TPSA) is 120 Å². The second kappa shape index (κ2) is 5.81. The highest BCUT2D eigenvalue weighted by Crippen LogP contribution is 2.30. The maximum atomic E-state index is 12.7. The van der Waals surface area contributed by atoms with Gasteiger partial charge in [-0.25, -0.2) is 16.8 Å². The molecule has 0 aliphatic heterocycles. The second-order valence-corrected chi connectivity index (χ2v) is 9.32. The Hall–Kier alpha value is -1.74. The zero-order chi connectivity index (χ0) is 16.4. The molecule has 4 N–H and O–H groups in total. The van der Waals surface area contributed by atoms with Gasteiger partial charge in [-0.05, 0) is 24.3 Å². The van der Waals surface area contributed by atoms with Gasteiger partial charge in [0.05, 0.1) is 9.79 Å². The van der Waals surface area contributed by atoms with Crippen LogP contribution in [0.25, 0.3) is 0 Å². The summed E-state index contributed by atoms with van der Waals surface area (Å²) in [6, 6.07) is 14.3. The summed E-state index contributed by atoms with van der Waals surface area (Å²) in [6.07, 6.45) is 0. The van der Waals surface area contributed by atoms with Crippen molar-refractivity contribution in [3.05, 3.63) is 60.7 Å². The van der Waals surface area contributed by atoms with Crippen LogP contribution >= 0.6 is 0 Å². The minimum Gasteiger partial charge on any atom is -0.327 e. The molecule has 0 aromatic heterocycles. The smallest absolute Gasteiger partial charge is 0.242 e. The first-order valence-electron chi connectivity index (χ1n) is 6.36. The molecule has 0 saturated heterocycles. The van der Waals surface area contributed by atoms with Gasteiger partial charge in [0.25, 0.3) is 0 Å². The fourth-order valence-corrected chi connectivity index (χ4v) is 5.96. The molecule has 0 amide bonds. The predicted molar refractivity (Wildman–Crippen MR) is 83.2 cm³/mol. The number of hydrogen-bond acceptors (Lipinski definition) is 6. The van der Waals surface area contributed by atoms with E-state index in [1.165, 1.54) is 48.5 Å². The maximum Gasteiger partial charge on any atom is 0.242 e. The summed E-state index contributed by atoms with van der Waals surface area (Å²) in [6.45, 7) is -0.762. The average Bonchev–Trinajstić information content (AvgIpc) is 2.55. The number of rotatable bonds is 5. The molecule has 2 aromatic carbocycles. The molecule has 2 aromatic rings. The fraction of sp³-hybridized carbons (Fsp3) is 0.143. The molecule has 2 rings (SSSR count). The molecule has 0 aliphatic carbocycles. The van der Waals surface area contributed by atoms with Gasteiger partial charge in [-0.3, -0.25) is 5.73 Å². The summed E-state index contributed by atoms with van der Waals surface area (Å²) in [5.74, 6) is 0. The van der Waals surface area contributed by atoms with Crippen molar-refractivity contribution < 1.29 is 16.8 Å². The molecule has 0 aliphatic rings. The first kappa shape index (κ1) is 16.6. The highest BCUT2D eigenvalue weighted by atomic mass is 32.3. The molecular weight excluding hydrogens is 324 g/mol. The van der Waals surface area contributed by atoms with E-state index in [4.69, 9.17) is 11.5 Å². The first-order valence-corrected chi connectivity index (χ1v) is 9.32. The monoisotopic (exact) mass is 340 g/mol. The maximum absolute atomic E-state index is 12.7. The lowest BCUT2D eigenvalue weighted by atomic mass is 10.4. The highest BCUT2D eigenvalue weighted by molar-refractivity contribution is 8.10. The molecule has 0 heterocycles. The van der Waals surface area contributed by atoms with Crippen LogP contribution in [0.5, 0.6) is 0 Å². The fourth-order valence-electron chi connectivity index (χ4n) is 1.96. The Kier molecular flexibility index (Phi) is 4.39. The van der Waals surface area contributed by atoms with E-state index in [0.717, 1.165) is 0 Å². The quantitative estimate of drug-likeness (QED) is 0.818. The van der Waals surface area contributed by atoms with Crippen LogP contribution in [0.1, 0.15) is 0 Å². The Balaban J connectivity index is 2.69. The Bertz CT molecular complexity index is 779. The molecule has 0 bridgehead atoms. The van der Waals surface area contributed by atoms with E-state index >= 15 is 0 Å². The lowest BCUT2D eigenvalue weighted by Crippen LogP contribution is -2.59. The van der Waals surface area contributed by atoms with E-state index in [0.29, 0.717) is 0 Å². The Morgan fingerprint density at radius 2 is 1.05 bits per heavy atom. The number of hydrogen-bond donors (Lipinski definition) is 2. The van der Waals surface area contributed by atoms with Crippen LogP contribution in [0, 0.1) is 0 Å². The summed E-state index contributed by atoms with van der Waals surface area (Å²) < 4.78 is 48.2. The van der Waals surface area contributed by atoms with Crippen molar-refractivity contribution >= 4 is 19.7 Å². The SMILES string of the molecule is NCC(N)(S(=O)(=O)c1ccccc1)S(=O)(=O)c1ccccc1. The van der Waals surface area contributed by atoms with E-state index in [2.05, 4.69) is 0 Å². The largest absolute Gasteiger partial charge is 0.327 e. The predicted octanol–water partition coefficient (Wildman–Crippen LogP) is 0.505. The minimum absolute atomic E-state index is 0.192. The van der Waals surface area contributed by atoms with Crippen molar-refractivity contribution in [3.8, 4) is 0 Å². The van der Waals surface area contributed by atoms with Crippen LogP contribution in [-0.2, 0) is 19.7 Å². The number of sulfone groups is 2. The Morgan fingerprint density at radius 1 is 0.727 bits per heavy atom. The molecule has 0 atom stereocenters. The molecule has 0 spiro atoms. The van der Waals surface area contributed by atoms with Gasteiger partial charge in [-0.15, -0.1) is 0 Å². The van der Waals surface area contributed by atoms with Crippen LogP contribution in [0.15, 0.2) is 70.5 Å². The van der Waals surface area contributed by atoms with Crippen molar-refractivity contribution in [3.63, 3.8) is 0 Å². The van der Waals surface area contributed by atoms with Crippen molar-refractivity contribution in [2.24, 2.45) is 11.5 Å². The third-order valence-electron chi connectivity index (χ3n) is 3.30. The second-order valence-electron chi connectivity index (χ2n) is 4.65. The van der Waals surface area contributed by atoms with Gasteiger partial charge in [0.15, 0.2) is 0 Å². The van der Waals surface area contributed by atoms with Gasteiger partial charge in [0.2, 0.25) is 23.9 Å². The third-order valence-corrected chi connectivity index (χ3v) is 8.56. The summed E-state index contributed by atoms with van der Waals surface area (Å²) in [5.41, 5.74) is 11.3. The highest BCUT2D eigenvalue weighted by Gasteiger charge is 2.52. The Labute approximate surface area is 129 Å². The molecule has 0 radical (unpaired) electrons. The van der Waals surface area contributed by atoms with E-state index < -0.39 is 30.4 Å². The third kappa shape index (κ3) is 2.44. The zero-order valence-electron chi connectivity index (χ0n) is 11.6. The summed E-state index contributed by atoms with van der Waals surface area (Å²) in [5, 5.41) is 0. The van der Waals surface area contributed by atoms with Crippen LogP contribution in [0.2, 0.25) is 0 Å². The Morgan fingerprint density at radius 3 is 1.32 bits per heavy atom. The number of benzene rings is 2. The van der Waals surface area contributed by atoms with Crippen molar-refractivity contribution in [2.45, 2.75) is 14.0 Å². The van der Waals surface area contributed by atoms with Gasteiger partial charge in [-0.1, -0.05) is 36.4 Å². The van der Waals surface area contributed by atoms with Gasteiger partial charge in [0, 0.05) is 6.54 Å². The van der Waals surface area contributed by atoms with E-state index in [1.807, 2.05) is 0 Å². The first-order chi connectivity index (χ1) is 10.3. The molecule has 0 unspecified atom stereocenters. The summed E-state index contributed by atoms with van der Waals surface area (Å²) >= 11 is 0. The van der Waals surface area contributed by atoms with Crippen LogP contribution < -0.4 is 11.5 Å². The molecular formula is C14H16N2O4S2. The van der Waals surface area contributed by atoms with E-state index in [9.17, 15) is 16.8 Å². The standard InChI is InChI=1S/C14H16N2O4S2/c15-11-14(16,21(17,18)12-7-3-1-4-8-12)22(19,20)13-9-5-2-6-10-13/h1-10H,11,15-16H2. The van der Waals surface area contributed by atoms with Crippen LogP contribution in [0.3, 0.4) is 0 Å². The van der Waals surface area contributed by atoms with Crippen molar-refractivity contribution in [1.29, 1.82) is 0 Å². The number of nitrogens with two attached hydrogens (primary N) is 2. The lowest BCUT2D eigenvalue weighted by Gasteiger charge is -2.27. The molecule has 0 saturated carbocycles. The van der Waals surface area contributed by atoms with Gasteiger partial charge in [0.1, 0.15) is 0 Å². The summed E-state index contributed by atoms with van der Waals surface area (Å²) in [7, 11) is -8.78. The van der Waals surface area contributed by atoms with Crippen molar-refractivity contribution in [1.82, 2.24) is 0 Å². The van der Waals surface area contributed by atoms with Crippen LogP contribution in [0.4, 0.5) is 0 Å². The molecule has 0 fully saturated rings. The summed E-state index contributed by atoms with van der Waals surface area (Å²) in [4.78, 5) is -0.384. The van der Waals surface area contributed by atoms with Crippen molar-refractivity contribution in [2.75, 3.05) is 6.54 Å². The van der Waals surface area contributed by atoms with Gasteiger partial charge < -0.3 is 5.73 Å². The molecule has 8 heteroatoms. The van der Waals surface area contributed by atoms with Gasteiger partial charge in [-0.2, -0.15) is 0 Å². The zero-order valence-corrected chi connectivity index (χ0v) is 13.2.